The van der Waals surface area contributed by atoms with Gasteiger partial charge in [-0.05, 0) is 62.1 Å². The third kappa shape index (κ3) is 5.16. The molecule has 0 radical (unpaired) electrons. The maximum Gasteiger partial charge on any atom is 0.272 e. The molecule has 176 valence electrons. The fourth-order valence-electron chi connectivity index (χ4n) is 4.74. The number of pyridine rings is 1. The Labute approximate surface area is 199 Å². The first kappa shape index (κ1) is 23.6. The van der Waals surface area contributed by atoms with E-state index in [-0.39, 0.29) is 10.6 Å². The summed E-state index contributed by atoms with van der Waals surface area (Å²) in [5.41, 5.74) is 4.23. The van der Waals surface area contributed by atoms with Crippen LogP contribution in [0.4, 0.5) is 5.69 Å². The smallest absolute Gasteiger partial charge is 0.272 e. The van der Waals surface area contributed by atoms with Gasteiger partial charge in [0.05, 0.1) is 23.1 Å². The van der Waals surface area contributed by atoms with Crippen molar-refractivity contribution in [1.29, 1.82) is 5.26 Å². The number of fused-ring (bicyclic) bond motifs is 1. The number of nitro groups is 1. The van der Waals surface area contributed by atoms with Crippen LogP contribution in [0, 0.1) is 28.4 Å². The number of nitrogens with one attached hydrogen (secondary N) is 1. The minimum atomic E-state index is -0.328. The quantitative estimate of drug-likeness (QED) is 0.379. The van der Waals surface area contributed by atoms with Gasteiger partial charge in [0.15, 0.2) is 0 Å². The molecule has 1 saturated heterocycles. The standard InChI is InChI=1S/C26H29N5O3/c1-18-5-6-19(12-26(18)31(32)33)15-28-17-21-4-3-10-30(21)11-9-23-20(14-27)16-29-25-8-7-22(34-2)13-24(23)25/h5-8,12-13,16,21,28H,3-4,9-11,15,17H2,1-2H3. The van der Waals surface area contributed by atoms with Gasteiger partial charge in [0, 0.05) is 48.9 Å². The minimum Gasteiger partial charge on any atom is -0.497 e. The summed E-state index contributed by atoms with van der Waals surface area (Å²) >= 11 is 0. The van der Waals surface area contributed by atoms with E-state index in [0.29, 0.717) is 23.7 Å². The summed E-state index contributed by atoms with van der Waals surface area (Å²) in [4.78, 5) is 17.8. The molecule has 1 aliphatic rings. The van der Waals surface area contributed by atoms with Crippen LogP contribution in [-0.4, -0.2) is 47.6 Å². The fraction of sp³-hybridized carbons (Fsp3) is 0.385. The van der Waals surface area contributed by atoms with Crippen molar-refractivity contribution >= 4 is 16.6 Å². The average Bonchev–Trinajstić information content (AvgIpc) is 3.30. The molecular formula is C26H29N5O3. The molecule has 1 unspecified atom stereocenters. The van der Waals surface area contributed by atoms with Crippen molar-refractivity contribution in [2.24, 2.45) is 0 Å². The molecule has 1 aromatic heterocycles. The second kappa shape index (κ2) is 10.6. The highest BCUT2D eigenvalue weighted by atomic mass is 16.6. The fourth-order valence-corrected chi connectivity index (χ4v) is 4.74. The molecule has 2 aromatic carbocycles. The summed E-state index contributed by atoms with van der Waals surface area (Å²) in [6.45, 7) is 5.05. The molecule has 8 heteroatoms. The van der Waals surface area contributed by atoms with Crippen LogP contribution in [0.2, 0.25) is 0 Å². The summed E-state index contributed by atoms with van der Waals surface area (Å²) in [6, 6.07) is 13.9. The molecule has 2 heterocycles. The third-order valence-corrected chi connectivity index (χ3v) is 6.63. The van der Waals surface area contributed by atoms with Crippen molar-refractivity contribution in [2.45, 2.75) is 38.8 Å². The zero-order valence-corrected chi connectivity index (χ0v) is 19.6. The van der Waals surface area contributed by atoms with Gasteiger partial charge in [-0.1, -0.05) is 12.1 Å². The van der Waals surface area contributed by atoms with Gasteiger partial charge in [-0.15, -0.1) is 0 Å². The molecule has 1 atom stereocenters. The average molecular weight is 460 g/mol. The van der Waals surface area contributed by atoms with Gasteiger partial charge in [0.1, 0.15) is 11.8 Å². The molecule has 8 nitrogen and oxygen atoms in total. The number of likely N-dealkylation sites (tertiary alicyclic amines) is 1. The SMILES string of the molecule is COc1ccc2ncc(C#N)c(CCN3CCCC3CNCc3ccc(C)c([N+](=O)[O-])c3)c2c1. The van der Waals surface area contributed by atoms with Crippen LogP contribution in [-0.2, 0) is 13.0 Å². The number of nitriles is 1. The zero-order chi connectivity index (χ0) is 24.1. The van der Waals surface area contributed by atoms with E-state index in [2.05, 4.69) is 21.3 Å². The topological polar surface area (TPSA) is 104 Å². The predicted octanol–water partition coefficient (Wildman–Crippen LogP) is 4.13. The molecule has 0 saturated carbocycles. The first-order chi connectivity index (χ1) is 16.5. The van der Waals surface area contributed by atoms with Crippen LogP contribution < -0.4 is 10.1 Å². The van der Waals surface area contributed by atoms with Crippen molar-refractivity contribution in [2.75, 3.05) is 26.7 Å². The maximum atomic E-state index is 11.2. The second-order valence-corrected chi connectivity index (χ2v) is 8.74. The number of aromatic nitrogens is 1. The number of methoxy groups -OCH3 is 1. The van der Waals surface area contributed by atoms with E-state index in [1.807, 2.05) is 24.3 Å². The van der Waals surface area contributed by atoms with E-state index in [0.717, 1.165) is 66.7 Å². The minimum absolute atomic E-state index is 0.163. The van der Waals surface area contributed by atoms with E-state index in [9.17, 15) is 15.4 Å². The second-order valence-electron chi connectivity index (χ2n) is 8.74. The Balaban J connectivity index is 1.40. The van der Waals surface area contributed by atoms with E-state index in [1.54, 1.807) is 32.4 Å². The lowest BCUT2D eigenvalue weighted by Gasteiger charge is -2.25. The van der Waals surface area contributed by atoms with Gasteiger partial charge in [-0.3, -0.25) is 20.0 Å². The largest absolute Gasteiger partial charge is 0.497 e. The molecule has 0 aliphatic carbocycles. The van der Waals surface area contributed by atoms with Crippen molar-refractivity contribution in [3.8, 4) is 11.8 Å². The van der Waals surface area contributed by atoms with E-state index in [1.165, 1.54) is 0 Å². The van der Waals surface area contributed by atoms with E-state index in [4.69, 9.17) is 4.74 Å². The maximum absolute atomic E-state index is 11.2. The Morgan fingerprint density at radius 1 is 1.32 bits per heavy atom. The number of ether oxygens (including phenoxy) is 1. The summed E-state index contributed by atoms with van der Waals surface area (Å²) in [7, 11) is 1.64. The van der Waals surface area contributed by atoms with Crippen LogP contribution in [0.25, 0.3) is 10.9 Å². The molecular weight excluding hydrogens is 430 g/mol. The molecule has 3 aromatic rings. The lowest BCUT2D eigenvalue weighted by molar-refractivity contribution is -0.385. The van der Waals surface area contributed by atoms with Gasteiger partial charge in [-0.25, -0.2) is 0 Å². The summed E-state index contributed by atoms with van der Waals surface area (Å²) in [5, 5.41) is 25.3. The Hall–Kier alpha value is -3.54. The van der Waals surface area contributed by atoms with Crippen LogP contribution in [0.15, 0.2) is 42.6 Å². The third-order valence-electron chi connectivity index (χ3n) is 6.63. The van der Waals surface area contributed by atoms with E-state index >= 15 is 0 Å². The van der Waals surface area contributed by atoms with E-state index < -0.39 is 0 Å². The van der Waals surface area contributed by atoms with Gasteiger partial charge in [0.25, 0.3) is 5.69 Å². The summed E-state index contributed by atoms with van der Waals surface area (Å²) in [6.07, 6.45) is 4.67. The number of benzene rings is 2. The number of hydrogen-bond acceptors (Lipinski definition) is 7. The summed E-state index contributed by atoms with van der Waals surface area (Å²) < 4.78 is 5.39. The number of aryl methyl sites for hydroxylation is 1. The lowest BCUT2D eigenvalue weighted by Crippen LogP contribution is -2.38. The van der Waals surface area contributed by atoms with Crippen molar-refractivity contribution in [3.63, 3.8) is 0 Å². The molecule has 1 N–H and O–H groups in total. The van der Waals surface area contributed by atoms with Gasteiger partial charge in [-0.2, -0.15) is 5.26 Å². The van der Waals surface area contributed by atoms with Crippen LogP contribution in [0.3, 0.4) is 0 Å². The zero-order valence-electron chi connectivity index (χ0n) is 19.6. The first-order valence-electron chi connectivity index (χ1n) is 11.5. The Morgan fingerprint density at radius 2 is 2.18 bits per heavy atom. The molecule has 0 bridgehead atoms. The predicted molar refractivity (Wildman–Crippen MR) is 131 cm³/mol. The van der Waals surface area contributed by atoms with Crippen molar-refractivity contribution < 1.29 is 9.66 Å². The highest BCUT2D eigenvalue weighted by Gasteiger charge is 2.24. The van der Waals surface area contributed by atoms with Crippen LogP contribution in [0.1, 0.15) is 35.1 Å². The molecule has 1 aliphatic heterocycles. The highest BCUT2D eigenvalue weighted by molar-refractivity contribution is 5.85. The highest BCUT2D eigenvalue weighted by Crippen LogP contribution is 2.27. The Kier molecular flexibility index (Phi) is 7.36. The van der Waals surface area contributed by atoms with Crippen LogP contribution in [0.5, 0.6) is 5.75 Å². The van der Waals surface area contributed by atoms with Crippen molar-refractivity contribution in [3.05, 3.63) is 75.0 Å². The first-order valence-corrected chi connectivity index (χ1v) is 11.5. The number of rotatable bonds is 9. The monoisotopic (exact) mass is 459 g/mol. The molecule has 1 fully saturated rings. The number of nitro benzene ring substituents is 1. The lowest BCUT2D eigenvalue weighted by atomic mass is 10.0. The summed E-state index contributed by atoms with van der Waals surface area (Å²) in [5.74, 6) is 0.755. The molecule has 0 amide bonds. The van der Waals surface area contributed by atoms with Gasteiger partial charge >= 0.3 is 0 Å². The molecule has 34 heavy (non-hydrogen) atoms. The number of hydrogen-bond donors (Lipinski definition) is 1. The normalized spacial score (nSPS) is 16.0. The molecule has 0 spiro atoms. The van der Waals surface area contributed by atoms with Crippen LogP contribution >= 0.6 is 0 Å². The van der Waals surface area contributed by atoms with Gasteiger partial charge < -0.3 is 10.1 Å². The van der Waals surface area contributed by atoms with Crippen molar-refractivity contribution in [1.82, 2.24) is 15.2 Å². The Bertz CT molecular complexity index is 1240. The Morgan fingerprint density at radius 3 is 2.94 bits per heavy atom. The van der Waals surface area contributed by atoms with Gasteiger partial charge in [0.2, 0.25) is 0 Å². The number of nitrogens with zero attached hydrogens (tertiary/aromatic N) is 4. The molecule has 4 rings (SSSR count).